The summed E-state index contributed by atoms with van der Waals surface area (Å²) in [5, 5.41) is 5.03. The fourth-order valence-corrected chi connectivity index (χ4v) is 2.64. The monoisotopic (exact) mass is 396 g/mol. The van der Waals surface area contributed by atoms with E-state index in [9.17, 15) is 14.4 Å². The van der Waals surface area contributed by atoms with Crippen molar-refractivity contribution in [2.75, 3.05) is 40.5 Å². The molecule has 0 aliphatic rings. The molecule has 2 atom stereocenters. The van der Waals surface area contributed by atoms with Crippen molar-refractivity contribution >= 4 is 17.9 Å². The second kappa shape index (κ2) is 11.8. The summed E-state index contributed by atoms with van der Waals surface area (Å²) < 4.78 is 15.2. The predicted octanol–water partition coefficient (Wildman–Crippen LogP) is 0.0585. The van der Waals surface area contributed by atoms with E-state index in [0.717, 1.165) is 5.56 Å². The second-order valence-corrected chi connectivity index (χ2v) is 6.12. The molecule has 3 amide bonds. The van der Waals surface area contributed by atoms with Gasteiger partial charge in [0.15, 0.2) is 13.1 Å². The molecule has 1 rings (SSSR count). The Balaban J connectivity index is 2.66. The van der Waals surface area contributed by atoms with Gasteiger partial charge < -0.3 is 24.4 Å². The molecule has 0 radical (unpaired) electrons. The molecule has 1 aromatic rings. The van der Waals surface area contributed by atoms with E-state index in [2.05, 4.69) is 15.4 Å². The van der Waals surface area contributed by atoms with Crippen LogP contribution in [0.15, 0.2) is 18.2 Å². The minimum Gasteiger partial charge on any atom is -0.497 e. The molecule has 9 heteroatoms. The number of benzene rings is 1. The minimum absolute atomic E-state index is 0.0143. The fraction of sp³-hybridized carbons (Fsp3) is 0.526. The molecule has 0 aromatic heterocycles. The van der Waals surface area contributed by atoms with Crippen LogP contribution in [0.1, 0.15) is 32.4 Å². The van der Waals surface area contributed by atoms with Gasteiger partial charge >= 0.3 is 6.09 Å². The molecule has 156 valence electrons. The van der Waals surface area contributed by atoms with Gasteiger partial charge in [-0.1, -0.05) is 0 Å². The van der Waals surface area contributed by atoms with E-state index in [4.69, 9.17) is 9.47 Å². The summed E-state index contributed by atoms with van der Waals surface area (Å²) in [6, 6.07) is 5.05. The Bertz CT molecular complexity index is 680. The summed E-state index contributed by atoms with van der Waals surface area (Å²) in [4.78, 5) is 36.3. The lowest BCUT2D eigenvalue weighted by atomic mass is 10.1. The number of methoxy groups -OCH3 is 2. The van der Waals surface area contributed by atoms with E-state index in [-0.39, 0.29) is 31.6 Å². The number of quaternary nitrogens is 1. The first kappa shape index (κ1) is 23.2. The highest BCUT2D eigenvalue weighted by Crippen LogP contribution is 2.29. The maximum Gasteiger partial charge on any atom is 0.414 e. The van der Waals surface area contributed by atoms with Crippen LogP contribution < -0.4 is 25.0 Å². The number of hydrogen-bond acceptors (Lipinski definition) is 6. The third-order valence-electron chi connectivity index (χ3n) is 4.12. The fourth-order valence-electron chi connectivity index (χ4n) is 2.64. The largest absolute Gasteiger partial charge is 0.497 e. The average Bonchev–Trinajstić information content (AvgIpc) is 2.66. The van der Waals surface area contributed by atoms with Gasteiger partial charge in [-0.25, -0.2) is 4.79 Å². The molecule has 0 saturated heterocycles. The molecule has 0 saturated carbocycles. The zero-order valence-corrected chi connectivity index (χ0v) is 17.1. The Kier molecular flexibility index (Phi) is 9.80. The van der Waals surface area contributed by atoms with Gasteiger partial charge in [0.05, 0.1) is 33.4 Å². The number of hydrogen-bond donors (Lipinski definition) is 3. The lowest BCUT2D eigenvalue weighted by molar-refractivity contribution is -0.881. The summed E-state index contributed by atoms with van der Waals surface area (Å²) in [5.41, 5.74) is 0.785. The zero-order chi connectivity index (χ0) is 21.1. The minimum atomic E-state index is -0.786. The van der Waals surface area contributed by atoms with Gasteiger partial charge in [-0.3, -0.25) is 14.9 Å². The van der Waals surface area contributed by atoms with Gasteiger partial charge in [-0.2, -0.15) is 0 Å². The quantitative estimate of drug-likeness (QED) is 0.516. The lowest BCUT2D eigenvalue weighted by Gasteiger charge is -2.20. The molecule has 0 spiro atoms. The van der Waals surface area contributed by atoms with E-state index in [1.807, 2.05) is 13.8 Å². The maximum atomic E-state index is 12.4. The standard InChI is InChI=1S/C19H29N3O6/c1-6-22(12-18(24)21-19(25)28-7-2)11-17(23)20-13(3)15-10-14(26-4)8-9-16(15)27-5/h8-10,13H,6-7,11-12H2,1-5H3,(H,20,23)(H,21,24,25)/p+1/t13-/m0/s1. The molecule has 1 unspecified atom stereocenters. The molecule has 0 aliphatic carbocycles. The number of amides is 3. The summed E-state index contributed by atoms with van der Waals surface area (Å²) in [5.74, 6) is 0.583. The molecule has 28 heavy (non-hydrogen) atoms. The highest BCUT2D eigenvalue weighted by molar-refractivity contribution is 5.92. The Labute approximate surface area is 165 Å². The van der Waals surface area contributed by atoms with Crippen LogP contribution in [0.4, 0.5) is 4.79 Å². The topological polar surface area (TPSA) is 107 Å². The van der Waals surface area contributed by atoms with Crippen LogP contribution in [0.2, 0.25) is 0 Å². The average molecular weight is 396 g/mol. The lowest BCUT2D eigenvalue weighted by Crippen LogP contribution is -3.14. The van der Waals surface area contributed by atoms with Crippen molar-refractivity contribution in [3.8, 4) is 11.5 Å². The van der Waals surface area contributed by atoms with E-state index in [0.29, 0.717) is 22.9 Å². The van der Waals surface area contributed by atoms with E-state index in [1.54, 1.807) is 39.3 Å². The molecule has 0 heterocycles. The number of nitrogens with one attached hydrogen (secondary N) is 3. The summed E-state index contributed by atoms with van der Waals surface area (Å²) in [7, 11) is 3.13. The third kappa shape index (κ3) is 7.43. The van der Waals surface area contributed by atoms with Crippen LogP contribution >= 0.6 is 0 Å². The first-order chi connectivity index (χ1) is 13.3. The van der Waals surface area contributed by atoms with E-state index >= 15 is 0 Å². The van der Waals surface area contributed by atoms with Gasteiger partial charge in [0.2, 0.25) is 0 Å². The molecule has 1 aromatic carbocycles. The van der Waals surface area contributed by atoms with Gasteiger partial charge in [-0.05, 0) is 39.0 Å². The molecular weight excluding hydrogens is 366 g/mol. The van der Waals surface area contributed by atoms with Crippen molar-refractivity contribution in [1.29, 1.82) is 0 Å². The molecular formula is C19H30N3O6+. The molecule has 9 nitrogen and oxygen atoms in total. The van der Waals surface area contributed by atoms with Gasteiger partial charge in [0.1, 0.15) is 11.5 Å². The number of alkyl carbamates (subject to hydrolysis) is 1. The van der Waals surface area contributed by atoms with Crippen molar-refractivity contribution in [2.45, 2.75) is 26.8 Å². The number of ether oxygens (including phenoxy) is 3. The van der Waals surface area contributed by atoms with Crippen LogP contribution in [0, 0.1) is 0 Å². The second-order valence-electron chi connectivity index (χ2n) is 6.12. The third-order valence-corrected chi connectivity index (χ3v) is 4.12. The van der Waals surface area contributed by atoms with Crippen LogP contribution in [0.25, 0.3) is 0 Å². The highest BCUT2D eigenvalue weighted by atomic mass is 16.5. The normalized spacial score (nSPS) is 12.5. The van der Waals surface area contributed by atoms with Crippen molar-refractivity contribution in [3.05, 3.63) is 23.8 Å². The summed E-state index contributed by atoms with van der Waals surface area (Å²) in [6.45, 7) is 6.14. The summed E-state index contributed by atoms with van der Waals surface area (Å²) in [6.07, 6.45) is -0.786. The molecule has 0 bridgehead atoms. The summed E-state index contributed by atoms with van der Waals surface area (Å²) >= 11 is 0. The van der Waals surface area contributed by atoms with Crippen LogP contribution in [0.3, 0.4) is 0 Å². The molecule has 0 aliphatic heterocycles. The van der Waals surface area contributed by atoms with E-state index in [1.165, 1.54) is 0 Å². The first-order valence-corrected chi connectivity index (χ1v) is 9.15. The molecule has 3 N–H and O–H groups in total. The van der Waals surface area contributed by atoms with Crippen molar-refractivity contribution < 1.29 is 33.5 Å². The Hall–Kier alpha value is -2.81. The van der Waals surface area contributed by atoms with Crippen LogP contribution in [0.5, 0.6) is 11.5 Å². The maximum absolute atomic E-state index is 12.4. The Morgan fingerprint density at radius 3 is 2.32 bits per heavy atom. The van der Waals surface area contributed by atoms with Gasteiger partial charge in [0, 0.05) is 5.56 Å². The first-order valence-electron chi connectivity index (χ1n) is 9.15. The van der Waals surface area contributed by atoms with Gasteiger partial charge in [0.25, 0.3) is 11.8 Å². The number of imide groups is 1. The number of carbonyl (C=O) groups excluding carboxylic acids is 3. The predicted molar refractivity (Wildman–Crippen MR) is 103 cm³/mol. The number of rotatable bonds is 10. The van der Waals surface area contributed by atoms with Crippen LogP contribution in [-0.2, 0) is 14.3 Å². The van der Waals surface area contributed by atoms with Gasteiger partial charge in [-0.15, -0.1) is 0 Å². The highest BCUT2D eigenvalue weighted by Gasteiger charge is 2.21. The van der Waals surface area contributed by atoms with Crippen molar-refractivity contribution in [3.63, 3.8) is 0 Å². The SMILES string of the molecule is CCOC(=O)NC(=O)C[NH+](CC)CC(=O)N[C@@H](C)c1cc(OC)ccc1OC. The van der Waals surface area contributed by atoms with Crippen LogP contribution in [-0.4, -0.2) is 58.4 Å². The Morgan fingerprint density at radius 1 is 1.07 bits per heavy atom. The van der Waals surface area contributed by atoms with E-state index < -0.39 is 12.0 Å². The number of carbonyl (C=O) groups is 3. The zero-order valence-electron chi connectivity index (χ0n) is 17.1. The molecule has 0 fully saturated rings. The van der Waals surface area contributed by atoms with Crippen molar-refractivity contribution in [1.82, 2.24) is 10.6 Å². The smallest absolute Gasteiger partial charge is 0.414 e. The number of likely N-dealkylation sites (N-methyl/N-ethyl adjacent to an activating group) is 1. The Morgan fingerprint density at radius 2 is 1.75 bits per heavy atom. The van der Waals surface area contributed by atoms with Crippen molar-refractivity contribution in [2.24, 2.45) is 0 Å².